The molecule has 0 aliphatic rings. The summed E-state index contributed by atoms with van der Waals surface area (Å²) < 4.78 is 73.6. The van der Waals surface area contributed by atoms with E-state index in [1.54, 1.807) is 6.07 Å². The number of nitrogens with one attached hydrogen (secondary N) is 1. The number of benzene rings is 2. The number of ether oxygens (including phenoxy) is 1. The van der Waals surface area contributed by atoms with Crippen LogP contribution in [-0.4, -0.2) is 31.3 Å². The van der Waals surface area contributed by atoms with E-state index < -0.39 is 27.7 Å². The van der Waals surface area contributed by atoms with E-state index >= 15 is 0 Å². The molecular formula is C19H16F3N3O4S. The zero-order valence-corrected chi connectivity index (χ0v) is 16.6. The highest BCUT2D eigenvalue weighted by molar-refractivity contribution is 7.92. The van der Waals surface area contributed by atoms with Crippen LogP contribution in [0.5, 0.6) is 0 Å². The molecule has 30 heavy (non-hydrogen) atoms. The van der Waals surface area contributed by atoms with Gasteiger partial charge in [0.15, 0.2) is 0 Å². The van der Waals surface area contributed by atoms with Crippen LogP contribution in [0.15, 0.2) is 59.8 Å². The average molecular weight is 439 g/mol. The van der Waals surface area contributed by atoms with Crippen molar-refractivity contribution >= 4 is 21.7 Å². The van der Waals surface area contributed by atoms with Gasteiger partial charge in [0.25, 0.3) is 10.0 Å². The standard InChI is InChI=1S/C19H16F3N3O4S/c1-12-14(18(26)29-2)5-3-6-17(12)30(27,28)24-15-11-13(19(20,21)22)7-8-16(15)25-10-4-9-23-25/h3-11,24H,1-2H3. The van der Waals surface area contributed by atoms with E-state index in [0.717, 1.165) is 19.2 Å². The van der Waals surface area contributed by atoms with Crippen molar-refractivity contribution in [1.29, 1.82) is 0 Å². The van der Waals surface area contributed by atoms with Gasteiger partial charge in [-0.25, -0.2) is 17.9 Å². The number of anilines is 1. The van der Waals surface area contributed by atoms with Crippen LogP contribution < -0.4 is 4.72 Å². The number of sulfonamides is 1. The number of hydrogen-bond donors (Lipinski definition) is 1. The Morgan fingerprint density at radius 1 is 1.17 bits per heavy atom. The van der Waals surface area contributed by atoms with Crippen molar-refractivity contribution in [3.05, 3.63) is 71.5 Å². The fraction of sp³-hybridized carbons (Fsp3) is 0.158. The molecule has 0 spiro atoms. The van der Waals surface area contributed by atoms with Crippen LogP contribution in [0.3, 0.4) is 0 Å². The smallest absolute Gasteiger partial charge is 0.416 e. The summed E-state index contributed by atoms with van der Waals surface area (Å²) in [6.07, 6.45) is -1.81. The predicted octanol–water partition coefficient (Wildman–Crippen LogP) is 3.79. The van der Waals surface area contributed by atoms with Crippen LogP contribution >= 0.6 is 0 Å². The van der Waals surface area contributed by atoms with Gasteiger partial charge >= 0.3 is 12.1 Å². The maximum atomic E-state index is 13.2. The Morgan fingerprint density at radius 3 is 2.50 bits per heavy atom. The largest absolute Gasteiger partial charge is 0.465 e. The molecule has 1 aromatic heterocycles. The summed E-state index contributed by atoms with van der Waals surface area (Å²) in [7, 11) is -3.20. The van der Waals surface area contributed by atoms with Gasteiger partial charge in [-0.1, -0.05) is 6.07 Å². The Balaban J connectivity index is 2.12. The number of alkyl halides is 3. The van der Waals surface area contributed by atoms with Crippen LogP contribution in [0.1, 0.15) is 21.5 Å². The molecule has 0 aliphatic carbocycles. The van der Waals surface area contributed by atoms with Gasteiger partial charge in [-0.3, -0.25) is 4.72 Å². The van der Waals surface area contributed by atoms with Crippen molar-refractivity contribution in [1.82, 2.24) is 9.78 Å². The third kappa shape index (κ3) is 4.15. The van der Waals surface area contributed by atoms with Gasteiger partial charge in [-0.2, -0.15) is 18.3 Å². The van der Waals surface area contributed by atoms with Crippen LogP contribution in [-0.2, 0) is 20.9 Å². The van der Waals surface area contributed by atoms with E-state index in [0.29, 0.717) is 6.07 Å². The second-order valence-electron chi connectivity index (χ2n) is 6.21. The zero-order chi connectivity index (χ0) is 22.1. The zero-order valence-electron chi connectivity index (χ0n) is 15.8. The monoisotopic (exact) mass is 439 g/mol. The van der Waals surface area contributed by atoms with Gasteiger partial charge in [0, 0.05) is 12.4 Å². The molecule has 0 atom stereocenters. The van der Waals surface area contributed by atoms with Crippen LogP contribution in [0.2, 0.25) is 0 Å². The molecule has 0 aliphatic heterocycles. The maximum absolute atomic E-state index is 13.2. The fourth-order valence-electron chi connectivity index (χ4n) is 2.84. The Kier molecular flexibility index (Phi) is 5.57. The summed E-state index contributed by atoms with van der Waals surface area (Å²) in [5.74, 6) is -0.735. The summed E-state index contributed by atoms with van der Waals surface area (Å²) in [6.45, 7) is 1.40. The second-order valence-corrected chi connectivity index (χ2v) is 7.86. The SMILES string of the molecule is COC(=O)c1cccc(S(=O)(=O)Nc2cc(C(F)(F)F)ccc2-n2cccn2)c1C. The molecule has 3 rings (SSSR count). The first-order chi connectivity index (χ1) is 14.0. The van der Waals surface area contributed by atoms with Gasteiger partial charge < -0.3 is 4.74 Å². The number of esters is 1. The Hall–Kier alpha value is -3.34. The number of carbonyl (C=O) groups excluding carboxylic acids is 1. The van der Waals surface area contributed by atoms with Crippen LogP contribution in [0.25, 0.3) is 5.69 Å². The number of halogens is 3. The number of nitrogens with zero attached hydrogens (tertiary/aromatic N) is 2. The normalized spacial score (nSPS) is 11.9. The molecule has 1 N–H and O–H groups in total. The minimum Gasteiger partial charge on any atom is -0.465 e. The predicted molar refractivity (Wildman–Crippen MR) is 102 cm³/mol. The van der Waals surface area contributed by atoms with Crippen molar-refractivity contribution in [3.63, 3.8) is 0 Å². The average Bonchev–Trinajstić information content (AvgIpc) is 3.21. The summed E-state index contributed by atoms with van der Waals surface area (Å²) in [4.78, 5) is 11.6. The summed E-state index contributed by atoms with van der Waals surface area (Å²) in [5, 5.41) is 3.95. The van der Waals surface area contributed by atoms with E-state index in [1.807, 2.05) is 0 Å². The second kappa shape index (κ2) is 7.82. The summed E-state index contributed by atoms with van der Waals surface area (Å²) >= 11 is 0. The number of aromatic nitrogens is 2. The molecule has 158 valence electrons. The minimum atomic E-state index is -4.68. The lowest BCUT2D eigenvalue weighted by atomic mass is 10.1. The molecule has 0 saturated heterocycles. The highest BCUT2D eigenvalue weighted by Gasteiger charge is 2.32. The first-order valence-electron chi connectivity index (χ1n) is 8.46. The molecular weight excluding hydrogens is 423 g/mol. The quantitative estimate of drug-likeness (QED) is 0.611. The lowest BCUT2D eigenvalue weighted by molar-refractivity contribution is -0.137. The third-order valence-corrected chi connectivity index (χ3v) is 5.81. The first-order valence-corrected chi connectivity index (χ1v) is 9.95. The lowest BCUT2D eigenvalue weighted by Gasteiger charge is -2.17. The van der Waals surface area contributed by atoms with Gasteiger partial charge in [0.1, 0.15) is 0 Å². The molecule has 0 bridgehead atoms. The molecule has 0 saturated carbocycles. The fourth-order valence-corrected chi connectivity index (χ4v) is 4.18. The van der Waals surface area contributed by atoms with E-state index in [1.165, 1.54) is 42.2 Å². The number of carbonyl (C=O) groups is 1. The molecule has 0 amide bonds. The van der Waals surface area contributed by atoms with Gasteiger partial charge in [-0.05, 0) is 48.9 Å². The van der Waals surface area contributed by atoms with Crippen molar-refractivity contribution in [2.24, 2.45) is 0 Å². The molecule has 11 heteroatoms. The van der Waals surface area contributed by atoms with Gasteiger partial charge in [0.05, 0.1) is 34.5 Å². The molecule has 2 aromatic carbocycles. The van der Waals surface area contributed by atoms with Crippen molar-refractivity contribution in [2.45, 2.75) is 18.0 Å². The van der Waals surface area contributed by atoms with Gasteiger partial charge in [-0.15, -0.1) is 0 Å². The number of rotatable bonds is 5. The number of methoxy groups -OCH3 is 1. The molecule has 0 fully saturated rings. The molecule has 1 heterocycles. The summed E-state index contributed by atoms with van der Waals surface area (Å²) in [6, 6.07) is 8.15. The van der Waals surface area contributed by atoms with E-state index in [2.05, 4.69) is 14.6 Å². The molecule has 0 radical (unpaired) electrons. The highest BCUT2D eigenvalue weighted by Crippen LogP contribution is 2.34. The van der Waals surface area contributed by atoms with Crippen LogP contribution in [0.4, 0.5) is 18.9 Å². The van der Waals surface area contributed by atoms with Gasteiger partial charge in [0.2, 0.25) is 0 Å². The third-order valence-electron chi connectivity index (χ3n) is 4.30. The minimum absolute atomic E-state index is 0.0247. The van der Waals surface area contributed by atoms with Crippen molar-refractivity contribution in [2.75, 3.05) is 11.8 Å². The molecule has 0 unspecified atom stereocenters. The topological polar surface area (TPSA) is 90.3 Å². The number of hydrogen-bond acceptors (Lipinski definition) is 5. The Morgan fingerprint density at radius 2 is 1.90 bits per heavy atom. The Labute approximate surface area is 170 Å². The molecule has 3 aromatic rings. The lowest BCUT2D eigenvalue weighted by Crippen LogP contribution is -2.18. The van der Waals surface area contributed by atoms with E-state index in [4.69, 9.17) is 0 Å². The van der Waals surface area contributed by atoms with E-state index in [9.17, 15) is 26.4 Å². The summed E-state index contributed by atoms with van der Waals surface area (Å²) in [5.41, 5.74) is -1.13. The maximum Gasteiger partial charge on any atom is 0.416 e. The molecule has 7 nitrogen and oxygen atoms in total. The van der Waals surface area contributed by atoms with Crippen molar-refractivity contribution in [3.8, 4) is 5.69 Å². The van der Waals surface area contributed by atoms with Crippen LogP contribution in [0, 0.1) is 6.92 Å². The van der Waals surface area contributed by atoms with E-state index in [-0.39, 0.29) is 27.4 Å². The van der Waals surface area contributed by atoms with Crippen molar-refractivity contribution < 1.29 is 31.1 Å². The highest BCUT2D eigenvalue weighted by atomic mass is 32.2. The first kappa shape index (κ1) is 21.4. The Bertz CT molecular complexity index is 1190.